The van der Waals surface area contributed by atoms with Crippen LogP contribution in [-0.4, -0.2) is 55.0 Å². The number of hydrogen-bond donors (Lipinski definition) is 2. The summed E-state index contributed by atoms with van der Waals surface area (Å²) in [6, 6.07) is 3.51. The van der Waals surface area contributed by atoms with Crippen molar-refractivity contribution in [2.75, 3.05) is 27.2 Å². The van der Waals surface area contributed by atoms with Crippen LogP contribution in [0.2, 0.25) is 0 Å². The van der Waals surface area contributed by atoms with Crippen molar-refractivity contribution in [3.05, 3.63) is 22.4 Å². The zero-order chi connectivity index (χ0) is 15.4. The van der Waals surface area contributed by atoms with Gasteiger partial charge in [-0.05, 0) is 38.4 Å². The fraction of sp³-hybridized carbons (Fsp3) is 0.571. The number of nitrogens with one attached hydrogen (secondary N) is 1. The van der Waals surface area contributed by atoms with Crippen LogP contribution in [0.4, 0.5) is 4.79 Å². The quantitative estimate of drug-likeness (QED) is 0.852. The number of likely N-dealkylation sites (N-methyl/N-ethyl adjacent to an activating group) is 1. The minimum Gasteiger partial charge on any atom is -0.368 e. The van der Waals surface area contributed by atoms with Gasteiger partial charge in [-0.15, -0.1) is 11.3 Å². The van der Waals surface area contributed by atoms with Crippen LogP contribution in [-0.2, 0) is 4.79 Å². The molecule has 2 atom stereocenters. The molecule has 1 aliphatic heterocycles. The first kappa shape index (κ1) is 15.8. The zero-order valence-corrected chi connectivity index (χ0v) is 13.2. The van der Waals surface area contributed by atoms with Crippen LogP contribution in [0.15, 0.2) is 17.5 Å². The van der Waals surface area contributed by atoms with E-state index in [0.717, 1.165) is 6.42 Å². The second kappa shape index (κ2) is 6.91. The van der Waals surface area contributed by atoms with E-state index in [1.54, 1.807) is 16.2 Å². The Balaban J connectivity index is 1.95. The van der Waals surface area contributed by atoms with E-state index in [1.165, 1.54) is 4.88 Å². The van der Waals surface area contributed by atoms with E-state index in [-0.39, 0.29) is 12.1 Å². The molecule has 6 nitrogen and oxygen atoms in total. The smallest absolute Gasteiger partial charge is 0.318 e. The molecule has 1 aromatic heterocycles. The summed E-state index contributed by atoms with van der Waals surface area (Å²) in [6.07, 6.45) is 1.48. The van der Waals surface area contributed by atoms with Crippen molar-refractivity contribution >= 4 is 23.3 Å². The van der Waals surface area contributed by atoms with Gasteiger partial charge in [0.05, 0.1) is 6.04 Å². The molecule has 0 aliphatic carbocycles. The average Bonchev–Trinajstić information content (AvgIpc) is 3.09. The molecule has 116 valence electrons. The van der Waals surface area contributed by atoms with E-state index in [4.69, 9.17) is 5.73 Å². The molecule has 1 aliphatic rings. The number of rotatable bonds is 5. The summed E-state index contributed by atoms with van der Waals surface area (Å²) in [4.78, 5) is 28.4. The number of carbonyl (C=O) groups is 2. The first-order chi connectivity index (χ1) is 10.0. The second-order valence-electron chi connectivity index (χ2n) is 5.43. The van der Waals surface area contributed by atoms with E-state index in [1.807, 2.05) is 25.5 Å². The van der Waals surface area contributed by atoms with Gasteiger partial charge in [-0.2, -0.15) is 0 Å². The maximum absolute atomic E-state index is 12.2. The van der Waals surface area contributed by atoms with Crippen LogP contribution in [0.25, 0.3) is 0 Å². The Morgan fingerprint density at radius 2 is 2.33 bits per heavy atom. The minimum atomic E-state index is -0.468. The molecule has 0 bridgehead atoms. The van der Waals surface area contributed by atoms with Crippen LogP contribution in [0.3, 0.4) is 0 Å². The summed E-state index contributed by atoms with van der Waals surface area (Å²) in [5.41, 5.74) is 5.34. The maximum Gasteiger partial charge on any atom is 0.318 e. The molecule has 1 saturated heterocycles. The number of nitrogens with two attached hydrogens (primary N) is 1. The maximum atomic E-state index is 12.2. The number of primary amides is 1. The molecule has 2 rings (SSSR count). The van der Waals surface area contributed by atoms with E-state index in [2.05, 4.69) is 16.3 Å². The third-order valence-electron chi connectivity index (χ3n) is 3.78. The van der Waals surface area contributed by atoms with Gasteiger partial charge in [0.15, 0.2) is 0 Å². The number of amides is 3. The van der Waals surface area contributed by atoms with Crippen LogP contribution < -0.4 is 11.1 Å². The number of nitrogens with zero attached hydrogens (tertiary/aromatic N) is 2. The molecule has 1 aromatic rings. The van der Waals surface area contributed by atoms with Crippen molar-refractivity contribution in [3.63, 3.8) is 0 Å². The first-order valence-electron chi connectivity index (χ1n) is 7.04. The Bertz CT molecular complexity index is 489. The number of carbonyl (C=O) groups excluding carboxylic acids is 2. The summed E-state index contributed by atoms with van der Waals surface area (Å²) < 4.78 is 0. The first-order valence-corrected chi connectivity index (χ1v) is 7.92. The zero-order valence-electron chi connectivity index (χ0n) is 12.4. The lowest BCUT2D eigenvalue weighted by atomic mass is 10.2. The number of likely N-dealkylation sites (tertiary alicyclic amines) is 1. The number of hydrogen-bond acceptors (Lipinski definition) is 4. The lowest BCUT2D eigenvalue weighted by Crippen LogP contribution is -2.49. The third kappa shape index (κ3) is 3.74. The molecule has 7 heteroatoms. The van der Waals surface area contributed by atoms with Gasteiger partial charge in [0.1, 0.15) is 6.04 Å². The van der Waals surface area contributed by atoms with Gasteiger partial charge < -0.3 is 20.9 Å². The van der Waals surface area contributed by atoms with Gasteiger partial charge in [0.2, 0.25) is 5.91 Å². The van der Waals surface area contributed by atoms with Crippen molar-refractivity contribution in [1.82, 2.24) is 15.1 Å². The van der Waals surface area contributed by atoms with E-state index in [0.29, 0.717) is 19.5 Å². The molecule has 3 amide bonds. The van der Waals surface area contributed by atoms with Crippen molar-refractivity contribution in [2.24, 2.45) is 5.73 Å². The predicted molar refractivity (Wildman–Crippen MR) is 83.1 cm³/mol. The summed E-state index contributed by atoms with van der Waals surface area (Å²) in [5, 5.41) is 4.95. The molecule has 0 spiro atoms. The highest BCUT2D eigenvalue weighted by atomic mass is 32.1. The van der Waals surface area contributed by atoms with Gasteiger partial charge in [-0.3, -0.25) is 4.79 Å². The Kier molecular flexibility index (Phi) is 5.19. The predicted octanol–water partition coefficient (Wildman–Crippen LogP) is 1.01. The van der Waals surface area contributed by atoms with E-state index < -0.39 is 11.9 Å². The Hall–Kier alpha value is -1.60. The Morgan fingerprint density at radius 3 is 2.90 bits per heavy atom. The highest BCUT2D eigenvalue weighted by Gasteiger charge is 2.32. The standard InChI is InChI=1S/C14H22N4O2S/c1-17(2)11(12-6-4-8-21-12)9-16-14(20)18-7-3-5-10(18)13(15)19/h4,6,8,10-11H,3,5,7,9H2,1-2H3,(H2,15,19)(H,16,20). The largest absolute Gasteiger partial charge is 0.368 e. The summed E-state index contributed by atoms with van der Waals surface area (Å²) in [7, 11) is 3.97. The van der Waals surface area contributed by atoms with Crippen molar-refractivity contribution in [1.29, 1.82) is 0 Å². The minimum absolute atomic E-state index is 0.128. The van der Waals surface area contributed by atoms with Gasteiger partial charge in [-0.1, -0.05) is 6.07 Å². The average molecular weight is 310 g/mol. The fourth-order valence-corrected chi connectivity index (χ4v) is 3.53. The lowest BCUT2D eigenvalue weighted by Gasteiger charge is -2.27. The van der Waals surface area contributed by atoms with Crippen molar-refractivity contribution < 1.29 is 9.59 Å². The Labute approximate surface area is 128 Å². The van der Waals surface area contributed by atoms with Gasteiger partial charge in [0, 0.05) is 18.0 Å². The molecule has 2 unspecified atom stereocenters. The molecule has 2 heterocycles. The monoisotopic (exact) mass is 310 g/mol. The van der Waals surface area contributed by atoms with Crippen molar-refractivity contribution in [3.8, 4) is 0 Å². The van der Waals surface area contributed by atoms with E-state index >= 15 is 0 Å². The molecule has 0 radical (unpaired) electrons. The SMILES string of the molecule is CN(C)C(CNC(=O)N1CCCC1C(N)=O)c1cccs1. The highest BCUT2D eigenvalue weighted by molar-refractivity contribution is 7.10. The summed E-state index contributed by atoms with van der Waals surface area (Å²) in [6.45, 7) is 1.10. The molecular formula is C14H22N4O2S. The lowest BCUT2D eigenvalue weighted by molar-refractivity contribution is -0.121. The van der Waals surface area contributed by atoms with Gasteiger partial charge in [-0.25, -0.2) is 4.79 Å². The van der Waals surface area contributed by atoms with Crippen LogP contribution >= 0.6 is 11.3 Å². The fourth-order valence-electron chi connectivity index (χ4n) is 2.61. The summed E-state index contributed by atoms with van der Waals surface area (Å²) in [5.74, 6) is -0.426. The van der Waals surface area contributed by atoms with Gasteiger partial charge in [0.25, 0.3) is 0 Å². The van der Waals surface area contributed by atoms with Gasteiger partial charge >= 0.3 is 6.03 Å². The van der Waals surface area contributed by atoms with Crippen LogP contribution in [0.5, 0.6) is 0 Å². The molecular weight excluding hydrogens is 288 g/mol. The molecule has 3 N–H and O–H groups in total. The second-order valence-corrected chi connectivity index (χ2v) is 6.41. The molecule has 0 saturated carbocycles. The number of thiophene rings is 1. The molecule has 1 fully saturated rings. The normalized spacial score (nSPS) is 19.8. The Morgan fingerprint density at radius 1 is 1.57 bits per heavy atom. The van der Waals surface area contributed by atoms with Crippen molar-refractivity contribution in [2.45, 2.75) is 24.9 Å². The molecule has 0 aromatic carbocycles. The number of urea groups is 1. The molecule has 21 heavy (non-hydrogen) atoms. The summed E-state index contributed by atoms with van der Waals surface area (Å²) >= 11 is 1.67. The van der Waals surface area contributed by atoms with Crippen LogP contribution in [0, 0.1) is 0 Å². The third-order valence-corrected chi connectivity index (χ3v) is 4.76. The topological polar surface area (TPSA) is 78.7 Å². The highest BCUT2D eigenvalue weighted by Crippen LogP contribution is 2.23. The van der Waals surface area contributed by atoms with E-state index in [9.17, 15) is 9.59 Å². The van der Waals surface area contributed by atoms with Crippen LogP contribution in [0.1, 0.15) is 23.8 Å².